The molecule has 26 heavy (non-hydrogen) atoms. The first-order chi connectivity index (χ1) is 12.7. The highest BCUT2D eigenvalue weighted by Crippen LogP contribution is 2.16. The van der Waals surface area contributed by atoms with E-state index in [2.05, 4.69) is 39.1 Å². The van der Waals surface area contributed by atoms with Gasteiger partial charge in [0.05, 0.1) is 16.7 Å². The molecule has 0 atom stereocenters. The number of rotatable bonds is 3. The highest BCUT2D eigenvalue weighted by molar-refractivity contribution is 5.95. The molecule has 2 aromatic carbocycles. The lowest BCUT2D eigenvalue weighted by Gasteiger charge is -2.34. The summed E-state index contributed by atoms with van der Waals surface area (Å²) in [6.45, 7) is 5.98. The lowest BCUT2D eigenvalue weighted by atomic mass is 10.2. The number of carbonyl (C=O) groups is 1. The van der Waals surface area contributed by atoms with Crippen molar-refractivity contribution in [1.29, 1.82) is 0 Å². The molecule has 1 aliphatic rings. The lowest BCUT2D eigenvalue weighted by molar-refractivity contribution is 0.0622. The molecule has 0 bridgehead atoms. The summed E-state index contributed by atoms with van der Waals surface area (Å²) in [6, 6.07) is 18.1. The third kappa shape index (κ3) is 3.44. The van der Waals surface area contributed by atoms with Gasteiger partial charge in [0.25, 0.3) is 5.91 Å². The number of fused-ring (bicyclic) bond motifs is 1. The SMILES string of the molecule is Cc1nc2ccccc2nc1C(=O)N1CCN(Cc2ccccc2)CC1. The van der Waals surface area contributed by atoms with Gasteiger partial charge in [-0.2, -0.15) is 0 Å². The van der Waals surface area contributed by atoms with Crippen LogP contribution in [0.1, 0.15) is 21.7 Å². The Balaban J connectivity index is 1.44. The molecule has 1 saturated heterocycles. The van der Waals surface area contributed by atoms with Crippen molar-refractivity contribution in [3.8, 4) is 0 Å². The second kappa shape index (κ2) is 7.22. The van der Waals surface area contributed by atoms with E-state index in [1.54, 1.807) is 0 Å². The van der Waals surface area contributed by atoms with Crippen LogP contribution in [0.5, 0.6) is 0 Å². The maximum absolute atomic E-state index is 12.9. The molecule has 5 nitrogen and oxygen atoms in total. The van der Waals surface area contributed by atoms with Crippen molar-refractivity contribution < 1.29 is 4.79 Å². The van der Waals surface area contributed by atoms with E-state index in [1.165, 1.54) is 5.56 Å². The van der Waals surface area contributed by atoms with Crippen molar-refractivity contribution in [1.82, 2.24) is 19.8 Å². The van der Waals surface area contributed by atoms with Gasteiger partial charge in [-0.25, -0.2) is 9.97 Å². The predicted octanol–water partition coefficient (Wildman–Crippen LogP) is 2.90. The van der Waals surface area contributed by atoms with Crippen LogP contribution >= 0.6 is 0 Å². The zero-order valence-electron chi connectivity index (χ0n) is 14.9. The van der Waals surface area contributed by atoms with E-state index >= 15 is 0 Å². The van der Waals surface area contributed by atoms with Crippen molar-refractivity contribution in [2.75, 3.05) is 26.2 Å². The summed E-state index contributed by atoms with van der Waals surface area (Å²) in [5, 5.41) is 0. The Morgan fingerprint density at radius 1 is 0.885 bits per heavy atom. The Morgan fingerprint density at radius 2 is 1.50 bits per heavy atom. The Hall–Kier alpha value is -2.79. The van der Waals surface area contributed by atoms with Crippen LogP contribution in [0.15, 0.2) is 54.6 Å². The number of aryl methyl sites for hydroxylation is 1. The molecule has 4 rings (SSSR count). The average Bonchev–Trinajstić information content (AvgIpc) is 2.68. The van der Waals surface area contributed by atoms with Crippen molar-refractivity contribution >= 4 is 16.9 Å². The summed E-state index contributed by atoms with van der Waals surface area (Å²) in [7, 11) is 0. The molecule has 2 heterocycles. The first-order valence-electron chi connectivity index (χ1n) is 8.99. The summed E-state index contributed by atoms with van der Waals surface area (Å²) in [5.74, 6) is -0.0138. The zero-order valence-corrected chi connectivity index (χ0v) is 14.9. The lowest BCUT2D eigenvalue weighted by Crippen LogP contribution is -2.48. The number of aromatic nitrogens is 2. The van der Waals surface area contributed by atoms with Gasteiger partial charge in [0.15, 0.2) is 0 Å². The van der Waals surface area contributed by atoms with Crippen molar-refractivity contribution in [2.45, 2.75) is 13.5 Å². The smallest absolute Gasteiger partial charge is 0.274 e. The van der Waals surface area contributed by atoms with Crippen molar-refractivity contribution in [2.24, 2.45) is 0 Å². The van der Waals surface area contributed by atoms with Gasteiger partial charge >= 0.3 is 0 Å². The topological polar surface area (TPSA) is 49.3 Å². The van der Waals surface area contributed by atoms with Crippen LogP contribution in [-0.4, -0.2) is 51.9 Å². The number of para-hydroxylation sites is 2. The molecule has 3 aromatic rings. The van der Waals surface area contributed by atoms with Crippen LogP contribution in [0.25, 0.3) is 11.0 Å². The fraction of sp³-hybridized carbons (Fsp3) is 0.286. The molecular formula is C21H22N4O. The number of nitrogens with zero attached hydrogens (tertiary/aromatic N) is 4. The average molecular weight is 346 g/mol. The normalized spacial score (nSPS) is 15.3. The molecular weight excluding hydrogens is 324 g/mol. The number of hydrogen-bond donors (Lipinski definition) is 0. The largest absolute Gasteiger partial charge is 0.335 e. The van der Waals surface area contributed by atoms with E-state index in [0.29, 0.717) is 11.4 Å². The van der Waals surface area contributed by atoms with Gasteiger partial charge < -0.3 is 4.90 Å². The van der Waals surface area contributed by atoms with Crippen LogP contribution < -0.4 is 0 Å². The summed E-state index contributed by atoms with van der Waals surface area (Å²) in [4.78, 5) is 26.3. The number of amides is 1. The monoisotopic (exact) mass is 346 g/mol. The fourth-order valence-corrected chi connectivity index (χ4v) is 3.39. The van der Waals surface area contributed by atoms with E-state index in [4.69, 9.17) is 0 Å². The van der Waals surface area contributed by atoms with E-state index in [9.17, 15) is 4.79 Å². The van der Waals surface area contributed by atoms with Gasteiger partial charge in [-0.05, 0) is 24.6 Å². The van der Waals surface area contributed by atoms with Gasteiger partial charge in [0.2, 0.25) is 0 Å². The molecule has 1 fully saturated rings. The van der Waals surface area contributed by atoms with Gasteiger partial charge in [0.1, 0.15) is 5.69 Å². The Kier molecular flexibility index (Phi) is 4.63. The standard InChI is InChI=1S/C21H22N4O/c1-16-20(23-19-10-6-5-9-18(19)22-16)21(26)25-13-11-24(12-14-25)15-17-7-3-2-4-8-17/h2-10H,11-15H2,1H3. The number of piperazine rings is 1. The zero-order chi connectivity index (χ0) is 17.9. The van der Waals surface area contributed by atoms with E-state index in [1.807, 2.05) is 42.2 Å². The minimum Gasteiger partial charge on any atom is -0.335 e. The van der Waals surface area contributed by atoms with Crippen LogP contribution in [0.2, 0.25) is 0 Å². The van der Waals surface area contributed by atoms with Crippen LogP contribution in [0, 0.1) is 6.92 Å². The quantitative estimate of drug-likeness (QED) is 0.732. The number of benzene rings is 2. The third-order valence-corrected chi connectivity index (χ3v) is 4.86. The molecule has 5 heteroatoms. The summed E-state index contributed by atoms with van der Waals surface area (Å²) >= 11 is 0. The molecule has 0 N–H and O–H groups in total. The number of carbonyl (C=O) groups excluding carboxylic acids is 1. The second-order valence-corrected chi connectivity index (χ2v) is 6.70. The summed E-state index contributed by atoms with van der Waals surface area (Å²) < 4.78 is 0. The highest BCUT2D eigenvalue weighted by atomic mass is 16.2. The molecule has 0 unspecified atom stereocenters. The first-order valence-corrected chi connectivity index (χ1v) is 8.99. The predicted molar refractivity (Wildman–Crippen MR) is 102 cm³/mol. The summed E-state index contributed by atoms with van der Waals surface area (Å²) in [6.07, 6.45) is 0. The Morgan fingerprint density at radius 3 is 2.19 bits per heavy atom. The molecule has 0 radical (unpaired) electrons. The van der Waals surface area contributed by atoms with Crippen LogP contribution in [0.4, 0.5) is 0 Å². The highest BCUT2D eigenvalue weighted by Gasteiger charge is 2.24. The van der Waals surface area contributed by atoms with E-state index in [-0.39, 0.29) is 5.91 Å². The molecule has 0 spiro atoms. The molecule has 0 aliphatic carbocycles. The maximum Gasteiger partial charge on any atom is 0.274 e. The van der Waals surface area contributed by atoms with E-state index in [0.717, 1.165) is 43.8 Å². The minimum absolute atomic E-state index is 0.0138. The first kappa shape index (κ1) is 16.7. The van der Waals surface area contributed by atoms with Crippen molar-refractivity contribution in [3.05, 3.63) is 71.5 Å². The van der Waals surface area contributed by atoms with Crippen LogP contribution in [-0.2, 0) is 6.54 Å². The molecule has 1 aliphatic heterocycles. The van der Waals surface area contributed by atoms with Gasteiger partial charge in [-0.3, -0.25) is 9.69 Å². The Labute approximate surface area is 153 Å². The minimum atomic E-state index is -0.0138. The third-order valence-electron chi connectivity index (χ3n) is 4.86. The molecule has 1 aromatic heterocycles. The van der Waals surface area contributed by atoms with Gasteiger partial charge in [-0.15, -0.1) is 0 Å². The molecule has 0 saturated carbocycles. The molecule has 132 valence electrons. The number of hydrogen-bond acceptors (Lipinski definition) is 4. The Bertz CT molecular complexity index is 918. The summed E-state index contributed by atoms with van der Waals surface area (Å²) in [5.41, 5.74) is 4.07. The second-order valence-electron chi connectivity index (χ2n) is 6.70. The van der Waals surface area contributed by atoms with Gasteiger partial charge in [-0.1, -0.05) is 42.5 Å². The maximum atomic E-state index is 12.9. The van der Waals surface area contributed by atoms with Crippen LogP contribution in [0.3, 0.4) is 0 Å². The molecule has 1 amide bonds. The van der Waals surface area contributed by atoms with E-state index < -0.39 is 0 Å². The fourth-order valence-electron chi connectivity index (χ4n) is 3.39. The van der Waals surface area contributed by atoms with Crippen molar-refractivity contribution in [3.63, 3.8) is 0 Å². The van der Waals surface area contributed by atoms with Gasteiger partial charge in [0, 0.05) is 32.7 Å².